The van der Waals surface area contributed by atoms with Crippen LogP contribution in [0.4, 0.5) is 5.69 Å². The molecule has 9 heteroatoms. The largest absolute Gasteiger partial charge is 0.493 e. The minimum Gasteiger partial charge on any atom is -0.493 e. The quantitative estimate of drug-likeness (QED) is 0.261. The van der Waals surface area contributed by atoms with E-state index in [1.807, 2.05) is 73.7 Å². The van der Waals surface area contributed by atoms with Gasteiger partial charge in [-0.25, -0.2) is 0 Å². The number of ether oxygens (including phenoxy) is 3. The number of fused-ring (bicyclic) bond motifs is 3. The van der Waals surface area contributed by atoms with Gasteiger partial charge in [0.2, 0.25) is 11.0 Å². The second-order valence-electron chi connectivity index (χ2n) is 7.70. The van der Waals surface area contributed by atoms with Gasteiger partial charge < -0.3 is 19.5 Å². The highest BCUT2D eigenvalue weighted by Gasteiger charge is 2.27. The van der Waals surface area contributed by atoms with Crippen LogP contribution in [0, 0.1) is 0 Å². The number of nitrogens with one attached hydrogen (secondary N) is 1. The van der Waals surface area contributed by atoms with Crippen molar-refractivity contribution in [1.82, 2.24) is 15.2 Å². The first-order valence-electron chi connectivity index (χ1n) is 11.1. The lowest BCUT2D eigenvalue weighted by atomic mass is 10.1. The van der Waals surface area contributed by atoms with Gasteiger partial charge in [-0.05, 0) is 47.7 Å². The number of thioether (sulfide) groups is 1. The number of benzene rings is 3. The van der Waals surface area contributed by atoms with Gasteiger partial charge in [0.1, 0.15) is 6.61 Å². The molecule has 5 rings (SSSR count). The van der Waals surface area contributed by atoms with Gasteiger partial charge in [-0.1, -0.05) is 64.9 Å². The number of rotatable bonds is 7. The SMILES string of the molecule is CCSc1nnc2c(n1)OC(c1ccc(OCc3ccccc3)c(OC)c1)Nc1ccc(Br)cc1-2. The summed E-state index contributed by atoms with van der Waals surface area (Å²) in [7, 11) is 1.63. The normalized spacial score (nSPS) is 14.1. The molecule has 0 radical (unpaired) electrons. The molecule has 0 saturated carbocycles. The fraction of sp³-hybridized carbons (Fsp3) is 0.192. The van der Waals surface area contributed by atoms with Gasteiger partial charge in [-0.3, -0.25) is 0 Å². The highest BCUT2D eigenvalue weighted by molar-refractivity contribution is 9.10. The Morgan fingerprint density at radius 2 is 1.89 bits per heavy atom. The molecular formula is C26H23BrN4O3S. The number of nitrogens with zero attached hydrogens (tertiary/aromatic N) is 3. The van der Waals surface area contributed by atoms with Gasteiger partial charge in [-0.15, -0.1) is 10.2 Å². The van der Waals surface area contributed by atoms with Crippen LogP contribution in [-0.2, 0) is 6.61 Å². The van der Waals surface area contributed by atoms with E-state index < -0.39 is 6.23 Å². The number of hydrogen-bond donors (Lipinski definition) is 1. The third kappa shape index (κ3) is 5.21. The fourth-order valence-electron chi connectivity index (χ4n) is 3.71. The van der Waals surface area contributed by atoms with Crippen LogP contribution in [0.5, 0.6) is 17.4 Å². The van der Waals surface area contributed by atoms with Crippen LogP contribution in [0.2, 0.25) is 0 Å². The van der Waals surface area contributed by atoms with Crippen molar-refractivity contribution < 1.29 is 14.2 Å². The van der Waals surface area contributed by atoms with E-state index in [1.165, 1.54) is 11.8 Å². The number of hydrogen-bond acceptors (Lipinski definition) is 8. The van der Waals surface area contributed by atoms with Gasteiger partial charge in [0, 0.05) is 21.3 Å². The Kier molecular flexibility index (Phi) is 7.06. The summed E-state index contributed by atoms with van der Waals surface area (Å²) < 4.78 is 19.0. The molecule has 1 aliphatic rings. The third-order valence-electron chi connectivity index (χ3n) is 5.39. The second kappa shape index (κ2) is 10.5. The van der Waals surface area contributed by atoms with Crippen LogP contribution in [0.1, 0.15) is 24.3 Å². The average Bonchev–Trinajstić information content (AvgIpc) is 3.04. The summed E-state index contributed by atoms with van der Waals surface area (Å²) in [6, 6.07) is 21.7. The topological polar surface area (TPSA) is 78.4 Å². The minimum absolute atomic E-state index is 0.425. The Morgan fingerprint density at radius 3 is 2.69 bits per heavy atom. The summed E-state index contributed by atoms with van der Waals surface area (Å²) in [4.78, 5) is 4.65. The Bertz CT molecular complexity index is 1340. The van der Waals surface area contributed by atoms with E-state index in [0.29, 0.717) is 34.8 Å². The molecule has 1 aliphatic heterocycles. The highest BCUT2D eigenvalue weighted by atomic mass is 79.9. The molecule has 35 heavy (non-hydrogen) atoms. The van der Waals surface area contributed by atoms with Crippen molar-refractivity contribution in [3.63, 3.8) is 0 Å². The van der Waals surface area contributed by atoms with E-state index in [4.69, 9.17) is 14.2 Å². The smallest absolute Gasteiger partial charge is 0.247 e. The molecule has 0 spiro atoms. The number of anilines is 1. The zero-order valence-corrected chi connectivity index (χ0v) is 21.6. The molecule has 7 nitrogen and oxygen atoms in total. The first-order chi connectivity index (χ1) is 17.1. The predicted octanol–water partition coefficient (Wildman–Crippen LogP) is 6.50. The molecule has 2 heterocycles. The number of methoxy groups -OCH3 is 1. The summed E-state index contributed by atoms with van der Waals surface area (Å²) in [6.07, 6.45) is -0.524. The first-order valence-corrected chi connectivity index (χ1v) is 12.9. The molecule has 0 amide bonds. The first kappa shape index (κ1) is 23.4. The summed E-state index contributed by atoms with van der Waals surface area (Å²) in [5.41, 5.74) is 4.26. The summed E-state index contributed by atoms with van der Waals surface area (Å²) in [5, 5.41) is 12.8. The molecule has 1 aromatic heterocycles. The predicted molar refractivity (Wildman–Crippen MR) is 140 cm³/mol. The highest BCUT2D eigenvalue weighted by Crippen LogP contribution is 2.42. The van der Waals surface area contributed by atoms with E-state index in [0.717, 1.165) is 32.6 Å². The van der Waals surface area contributed by atoms with Crippen molar-refractivity contribution in [2.45, 2.75) is 24.9 Å². The molecule has 3 aromatic carbocycles. The van der Waals surface area contributed by atoms with Crippen LogP contribution < -0.4 is 19.5 Å². The number of aromatic nitrogens is 3. The average molecular weight is 551 g/mol. The van der Waals surface area contributed by atoms with Gasteiger partial charge >= 0.3 is 0 Å². The van der Waals surface area contributed by atoms with E-state index in [-0.39, 0.29) is 0 Å². The van der Waals surface area contributed by atoms with E-state index >= 15 is 0 Å². The third-order valence-corrected chi connectivity index (χ3v) is 6.60. The minimum atomic E-state index is -0.524. The van der Waals surface area contributed by atoms with Crippen LogP contribution in [0.15, 0.2) is 76.4 Å². The van der Waals surface area contributed by atoms with Gasteiger partial charge in [0.15, 0.2) is 23.4 Å². The van der Waals surface area contributed by atoms with Crippen molar-refractivity contribution in [1.29, 1.82) is 0 Å². The van der Waals surface area contributed by atoms with Crippen molar-refractivity contribution in [3.05, 3.63) is 82.3 Å². The molecule has 0 bridgehead atoms. The molecule has 1 N–H and O–H groups in total. The fourth-order valence-corrected chi connectivity index (χ4v) is 4.58. The monoisotopic (exact) mass is 550 g/mol. The van der Waals surface area contributed by atoms with Crippen LogP contribution >= 0.6 is 27.7 Å². The lowest BCUT2D eigenvalue weighted by Gasteiger charge is -2.21. The zero-order chi connectivity index (χ0) is 24.2. The summed E-state index contributed by atoms with van der Waals surface area (Å²) >= 11 is 5.07. The summed E-state index contributed by atoms with van der Waals surface area (Å²) in [5.74, 6) is 2.54. The molecule has 0 saturated heterocycles. The van der Waals surface area contributed by atoms with Gasteiger partial charge in [0.25, 0.3) is 0 Å². The Labute approximate surface area is 216 Å². The maximum Gasteiger partial charge on any atom is 0.247 e. The maximum absolute atomic E-state index is 6.37. The molecule has 0 aliphatic carbocycles. The van der Waals surface area contributed by atoms with Crippen LogP contribution in [0.25, 0.3) is 11.3 Å². The van der Waals surface area contributed by atoms with E-state index in [2.05, 4.69) is 36.4 Å². The molecular weight excluding hydrogens is 528 g/mol. The Morgan fingerprint density at radius 1 is 1.03 bits per heavy atom. The lowest BCUT2D eigenvalue weighted by molar-refractivity contribution is 0.224. The van der Waals surface area contributed by atoms with Gasteiger partial charge in [0.05, 0.1) is 7.11 Å². The van der Waals surface area contributed by atoms with E-state index in [1.54, 1.807) is 7.11 Å². The van der Waals surface area contributed by atoms with Crippen molar-refractivity contribution in [2.24, 2.45) is 0 Å². The molecule has 1 unspecified atom stereocenters. The maximum atomic E-state index is 6.37. The molecule has 0 fully saturated rings. The van der Waals surface area contributed by atoms with Crippen molar-refractivity contribution in [2.75, 3.05) is 18.2 Å². The van der Waals surface area contributed by atoms with Gasteiger partial charge in [-0.2, -0.15) is 4.98 Å². The standard InChI is InChI=1S/C26H23BrN4O3S/c1-3-35-26-29-25-23(30-31-26)19-14-18(27)10-11-20(19)28-24(34-25)17-9-12-21(22(13-17)32-2)33-15-16-7-5-4-6-8-16/h4-14,24,28H,3,15H2,1-2H3. The molecule has 4 aromatic rings. The van der Waals surface area contributed by atoms with Crippen molar-refractivity contribution >= 4 is 33.4 Å². The zero-order valence-electron chi connectivity index (χ0n) is 19.2. The second-order valence-corrected chi connectivity index (χ2v) is 9.84. The van der Waals surface area contributed by atoms with Crippen LogP contribution in [0.3, 0.4) is 0 Å². The molecule has 178 valence electrons. The van der Waals surface area contributed by atoms with E-state index in [9.17, 15) is 0 Å². The number of halogens is 1. The summed E-state index contributed by atoms with van der Waals surface area (Å²) in [6.45, 7) is 2.50. The Balaban J connectivity index is 1.48. The Hall–Kier alpha value is -3.30. The lowest BCUT2D eigenvalue weighted by Crippen LogP contribution is -2.17. The molecule has 1 atom stereocenters. The van der Waals surface area contributed by atoms with Crippen LogP contribution in [-0.4, -0.2) is 28.0 Å². The van der Waals surface area contributed by atoms with Crippen molar-refractivity contribution in [3.8, 4) is 28.6 Å².